The molecule has 1 aromatic heterocycles. The monoisotopic (exact) mass is 270 g/mol. The van der Waals surface area contributed by atoms with Crippen molar-refractivity contribution in [2.75, 3.05) is 7.05 Å². The molecule has 0 saturated carbocycles. The van der Waals surface area contributed by atoms with Gasteiger partial charge in [0.15, 0.2) is 0 Å². The van der Waals surface area contributed by atoms with Gasteiger partial charge in [-0.3, -0.25) is 0 Å². The number of rotatable bonds is 6. The average Bonchev–Trinajstić information content (AvgIpc) is 2.48. The summed E-state index contributed by atoms with van der Waals surface area (Å²) in [6, 6.07) is 12.2. The number of nitrogens with zero attached hydrogens (tertiary/aromatic N) is 1. The summed E-state index contributed by atoms with van der Waals surface area (Å²) in [6.07, 6.45) is 2.92. The third-order valence-electron chi connectivity index (χ3n) is 3.46. The van der Waals surface area contributed by atoms with Gasteiger partial charge in [0, 0.05) is 18.8 Å². The van der Waals surface area contributed by atoms with Crippen LogP contribution in [-0.2, 0) is 6.54 Å². The lowest BCUT2D eigenvalue weighted by molar-refractivity contribution is 0.461. The van der Waals surface area contributed by atoms with E-state index in [1.807, 2.05) is 31.3 Å². The number of aromatic nitrogens is 1. The van der Waals surface area contributed by atoms with E-state index in [0.29, 0.717) is 11.8 Å². The van der Waals surface area contributed by atoms with Crippen molar-refractivity contribution >= 4 is 0 Å². The van der Waals surface area contributed by atoms with Crippen molar-refractivity contribution in [1.82, 2.24) is 10.3 Å². The third kappa shape index (κ3) is 3.81. The second-order valence-electron chi connectivity index (χ2n) is 5.01. The number of benzene rings is 1. The summed E-state index contributed by atoms with van der Waals surface area (Å²) >= 11 is 0. The van der Waals surface area contributed by atoms with E-state index in [2.05, 4.69) is 36.3 Å². The van der Waals surface area contributed by atoms with Gasteiger partial charge in [-0.2, -0.15) is 0 Å². The molecule has 2 aromatic rings. The molecule has 0 saturated heterocycles. The SMILES string of the molecule is CCC(C)c1ccc(Oc2cc(CNC)ccn2)cc1. The quantitative estimate of drug-likeness (QED) is 0.857. The number of nitrogens with one attached hydrogen (secondary N) is 1. The van der Waals surface area contributed by atoms with Crippen molar-refractivity contribution in [3.05, 3.63) is 53.7 Å². The molecule has 0 amide bonds. The maximum atomic E-state index is 5.79. The van der Waals surface area contributed by atoms with Crippen LogP contribution in [-0.4, -0.2) is 12.0 Å². The largest absolute Gasteiger partial charge is 0.439 e. The summed E-state index contributed by atoms with van der Waals surface area (Å²) in [7, 11) is 1.93. The van der Waals surface area contributed by atoms with Crippen LogP contribution in [0.3, 0.4) is 0 Å². The highest BCUT2D eigenvalue weighted by Gasteiger charge is 2.04. The molecule has 1 heterocycles. The second kappa shape index (κ2) is 7.06. The third-order valence-corrected chi connectivity index (χ3v) is 3.46. The van der Waals surface area contributed by atoms with Gasteiger partial charge in [-0.15, -0.1) is 0 Å². The zero-order valence-corrected chi connectivity index (χ0v) is 12.4. The van der Waals surface area contributed by atoms with Crippen LogP contribution in [0.15, 0.2) is 42.6 Å². The van der Waals surface area contributed by atoms with Gasteiger partial charge in [-0.05, 0) is 48.7 Å². The van der Waals surface area contributed by atoms with E-state index < -0.39 is 0 Å². The van der Waals surface area contributed by atoms with Gasteiger partial charge >= 0.3 is 0 Å². The topological polar surface area (TPSA) is 34.1 Å². The molecule has 106 valence electrons. The average molecular weight is 270 g/mol. The first-order valence-electron chi connectivity index (χ1n) is 7.10. The van der Waals surface area contributed by atoms with Crippen molar-refractivity contribution < 1.29 is 4.74 Å². The fourth-order valence-corrected chi connectivity index (χ4v) is 2.04. The normalized spacial score (nSPS) is 12.2. The van der Waals surface area contributed by atoms with Crippen molar-refractivity contribution in [2.24, 2.45) is 0 Å². The highest BCUT2D eigenvalue weighted by Crippen LogP contribution is 2.24. The van der Waals surface area contributed by atoms with E-state index in [0.717, 1.165) is 24.3 Å². The first kappa shape index (κ1) is 14.5. The van der Waals surface area contributed by atoms with Crippen LogP contribution in [0.2, 0.25) is 0 Å². The Bertz CT molecular complexity index is 537. The van der Waals surface area contributed by atoms with Crippen LogP contribution >= 0.6 is 0 Å². The lowest BCUT2D eigenvalue weighted by Gasteiger charge is -2.10. The first-order chi connectivity index (χ1) is 9.72. The molecule has 0 aliphatic heterocycles. The van der Waals surface area contributed by atoms with Crippen LogP contribution in [0.4, 0.5) is 0 Å². The second-order valence-corrected chi connectivity index (χ2v) is 5.01. The van der Waals surface area contributed by atoms with Gasteiger partial charge in [0.1, 0.15) is 5.75 Å². The summed E-state index contributed by atoms with van der Waals surface area (Å²) in [5.74, 6) is 2.04. The van der Waals surface area contributed by atoms with Gasteiger partial charge < -0.3 is 10.1 Å². The molecular weight excluding hydrogens is 248 g/mol. The number of pyridine rings is 1. The minimum Gasteiger partial charge on any atom is -0.439 e. The lowest BCUT2D eigenvalue weighted by atomic mass is 9.99. The molecule has 1 N–H and O–H groups in total. The fourth-order valence-electron chi connectivity index (χ4n) is 2.04. The zero-order valence-electron chi connectivity index (χ0n) is 12.4. The molecule has 0 fully saturated rings. The van der Waals surface area contributed by atoms with Gasteiger partial charge in [0.2, 0.25) is 5.88 Å². The number of hydrogen-bond acceptors (Lipinski definition) is 3. The van der Waals surface area contributed by atoms with E-state index in [4.69, 9.17) is 4.74 Å². The molecular formula is C17H22N2O. The predicted molar refractivity (Wildman–Crippen MR) is 82.2 cm³/mol. The summed E-state index contributed by atoms with van der Waals surface area (Å²) in [5.41, 5.74) is 2.51. The number of ether oxygens (including phenoxy) is 1. The van der Waals surface area contributed by atoms with Crippen molar-refractivity contribution in [2.45, 2.75) is 32.7 Å². The van der Waals surface area contributed by atoms with Crippen molar-refractivity contribution in [3.63, 3.8) is 0 Å². The summed E-state index contributed by atoms with van der Waals surface area (Å²) < 4.78 is 5.79. The first-order valence-corrected chi connectivity index (χ1v) is 7.10. The Hall–Kier alpha value is -1.87. The Morgan fingerprint density at radius 3 is 2.60 bits per heavy atom. The van der Waals surface area contributed by atoms with Crippen LogP contribution in [0.1, 0.15) is 37.3 Å². The van der Waals surface area contributed by atoms with E-state index >= 15 is 0 Å². The Morgan fingerprint density at radius 1 is 1.20 bits per heavy atom. The summed E-state index contributed by atoms with van der Waals surface area (Å²) in [5, 5.41) is 3.12. The van der Waals surface area contributed by atoms with E-state index in [9.17, 15) is 0 Å². The molecule has 0 bridgehead atoms. The zero-order chi connectivity index (χ0) is 14.4. The highest BCUT2D eigenvalue weighted by molar-refractivity contribution is 5.32. The molecule has 3 heteroatoms. The maximum absolute atomic E-state index is 5.79. The van der Waals surface area contributed by atoms with Gasteiger partial charge in [0.05, 0.1) is 0 Å². The molecule has 0 radical (unpaired) electrons. The van der Waals surface area contributed by atoms with Crippen LogP contribution in [0, 0.1) is 0 Å². The van der Waals surface area contributed by atoms with Crippen molar-refractivity contribution in [3.8, 4) is 11.6 Å². The molecule has 1 atom stereocenters. The summed E-state index contributed by atoms with van der Waals surface area (Å²) in [6.45, 7) is 5.25. The number of hydrogen-bond donors (Lipinski definition) is 1. The molecule has 1 aromatic carbocycles. The Labute approximate surface area is 121 Å². The van der Waals surface area contributed by atoms with Gasteiger partial charge in [0.25, 0.3) is 0 Å². The van der Waals surface area contributed by atoms with Gasteiger partial charge in [-0.1, -0.05) is 26.0 Å². The minimum absolute atomic E-state index is 0.584. The Kier molecular flexibility index (Phi) is 5.13. The van der Waals surface area contributed by atoms with E-state index in [-0.39, 0.29) is 0 Å². The van der Waals surface area contributed by atoms with Crippen LogP contribution in [0.25, 0.3) is 0 Å². The molecule has 3 nitrogen and oxygen atoms in total. The maximum Gasteiger partial charge on any atom is 0.219 e. The molecule has 0 aliphatic rings. The Balaban J connectivity index is 2.08. The molecule has 1 unspecified atom stereocenters. The molecule has 20 heavy (non-hydrogen) atoms. The van der Waals surface area contributed by atoms with Crippen LogP contribution in [0.5, 0.6) is 11.6 Å². The summed E-state index contributed by atoms with van der Waals surface area (Å²) in [4.78, 5) is 4.24. The smallest absolute Gasteiger partial charge is 0.219 e. The fraction of sp³-hybridized carbons (Fsp3) is 0.353. The highest BCUT2D eigenvalue weighted by atomic mass is 16.5. The molecule has 2 rings (SSSR count). The van der Waals surface area contributed by atoms with E-state index in [1.54, 1.807) is 6.20 Å². The molecule has 0 spiro atoms. The van der Waals surface area contributed by atoms with Crippen LogP contribution < -0.4 is 10.1 Å². The minimum atomic E-state index is 0.584. The molecule has 0 aliphatic carbocycles. The van der Waals surface area contributed by atoms with Gasteiger partial charge in [-0.25, -0.2) is 4.98 Å². The standard InChI is InChI=1S/C17H22N2O/c1-4-13(2)15-5-7-16(8-6-15)20-17-11-14(12-18-3)9-10-19-17/h5-11,13,18H,4,12H2,1-3H3. The predicted octanol–water partition coefficient (Wildman–Crippen LogP) is 4.11. The Morgan fingerprint density at radius 2 is 1.95 bits per heavy atom. The van der Waals surface area contributed by atoms with E-state index in [1.165, 1.54) is 5.56 Å². The lowest BCUT2D eigenvalue weighted by Crippen LogP contribution is -2.05. The van der Waals surface area contributed by atoms with Crippen molar-refractivity contribution in [1.29, 1.82) is 0 Å².